The number of carboxylic acid groups (broad SMARTS) is 1. The number of benzene rings is 1. The van der Waals surface area contributed by atoms with Crippen LogP contribution in [0.4, 0.5) is 4.39 Å². The summed E-state index contributed by atoms with van der Waals surface area (Å²) in [7, 11) is 0. The van der Waals surface area contributed by atoms with Crippen molar-refractivity contribution in [1.29, 1.82) is 0 Å². The Morgan fingerprint density at radius 2 is 2.07 bits per heavy atom. The Hall–Kier alpha value is -1.95. The maximum Gasteiger partial charge on any atom is 0.338 e. The van der Waals surface area contributed by atoms with Crippen LogP contribution < -0.4 is 4.74 Å². The SMILES string of the molecule is O=C(O)C1=C(SCCOc2ccc(F)cc2)N(CC2CC3CCC2C3)CC=C1. The molecule has 2 bridgehead atoms. The number of aliphatic carboxylic acids is 1. The van der Waals surface area contributed by atoms with Gasteiger partial charge in [0.25, 0.3) is 0 Å². The topological polar surface area (TPSA) is 49.8 Å². The predicted molar refractivity (Wildman–Crippen MR) is 109 cm³/mol. The van der Waals surface area contributed by atoms with E-state index >= 15 is 0 Å². The van der Waals surface area contributed by atoms with Crippen LogP contribution in [0.15, 0.2) is 47.0 Å². The Bertz CT molecular complexity index is 776. The second-order valence-corrected chi connectivity index (χ2v) is 9.00. The standard InChI is InChI=1S/C22H26FNO3S/c23-18-5-7-19(8-6-18)27-10-11-28-21-20(22(25)26)2-1-9-24(21)14-17-13-15-3-4-16(17)12-15/h1-2,5-8,15-17H,3-4,9-14H2,(H,25,26). The van der Waals surface area contributed by atoms with Crippen molar-refractivity contribution in [2.75, 3.05) is 25.4 Å². The number of hydrogen-bond acceptors (Lipinski definition) is 4. The number of hydrogen-bond donors (Lipinski definition) is 1. The molecular weight excluding hydrogens is 377 g/mol. The van der Waals surface area contributed by atoms with Crippen LogP contribution in [0.1, 0.15) is 25.7 Å². The van der Waals surface area contributed by atoms with E-state index in [-0.39, 0.29) is 5.82 Å². The van der Waals surface area contributed by atoms with Crippen LogP contribution in [-0.2, 0) is 4.79 Å². The molecule has 6 heteroatoms. The first-order valence-electron chi connectivity index (χ1n) is 10.0. The first kappa shape index (κ1) is 19.4. The number of thioether (sulfide) groups is 1. The van der Waals surface area contributed by atoms with E-state index in [1.54, 1.807) is 30.0 Å². The Morgan fingerprint density at radius 1 is 1.25 bits per heavy atom. The third-order valence-electron chi connectivity index (χ3n) is 6.10. The van der Waals surface area contributed by atoms with Crippen molar-refractivity contribution in [1.82, 2.24) is 4.90 Å². The maximum absolute atomic E-state index is 13.0. The van der Waals surface area contributed by atoms with Crippen molar-refractivity contribution in [3.05, 3.63) is 52.8 Å². The van der Waals surface area contributed by atoms with Gasteiger partial charge in [0.2, 0.25) is 0 Å². The number of rotatable bonds is 8. The maximum atomic E-state index is 13.0. The van der Waals surface area contributed by atoms with E-state index in [1.165, 1.54) is 37.8 Å². The summed E-state index contributed by atoms with van der Waals surface area (Å²) in [5.41, 5.74) is 0.376. The van der Waals surface area contributed by atoms with E-state index in [4.69, 9.17) is 4.74 Å². The minimum Gasteiger partial charge on any atom is -0.493 e. The van der Waals surface area contributed by atoms with E-state index in [9.17, 15) is 14.3 Å². The summed E-state index contributed by atoms with van der Waals surface area (Å²) in [4.78, 5) is 14.0. The smallest absolute Gasteiger partial charge is 0.338 e. The lowest BCUT2D eigenvalue weighted by Gasteiger charge is -2.34. The highest BCUT2D eigenvalue weighted by molar-refractivity contribution is 8.03. The molecule has 0 radical (unpaired) electrons. The van der Waals surface area contributed by atoms with Gasteiger partial charge in [0, 0.05) is 18.8 Å². The molecule has 4 rings (SSSR count). The van der Waals surface area contributed by atoms with Gasteiger partial charge in [-0.15, -0.1) is 11.8 Å². The van der Waals surface area contributed by atoms with Gasteiger partial charge in [0.1, 0.15) is 11.6 Å². The third kappa shape index (κ3) is 4.37. The zero-order chi connectivity index (χ0) is 19.5. The molecule has 3 unspecified atom stereocenters. The number of carbonyl (C=O) groups is 1. The predicted octanol–water partition coefficient (Wildman–Crippen LogP) is 4.54. The quantitative estimate of drug-likeness (QED) is 0.646. The highest BCUT2D eigenvalue weighted by atomic mass is 32.2. The van der Waals surface area contributed by atoms with Gasteiger partial charge >= 0.3 is 5.97 Å². The van der Waals surface area contributed by atoms with E-state index in [0.29, 0.717) is 29.6 Å². The molecule has 1 heterocycles. The Morgan fingerprint density at radius 3 is 2.75 bits per heavy atom. The molecule has 0 aromatic heterocycles. The van der Waals surface area contributed by atoms with Crippen LogP contribution >= 0.6 is 11.8 Å². The number of fused-ring (bicyclic) bond motifs is 2. The molecule has 0 saturated heterocycles. The lowest BCUT2D eigenvalue weighted by Crippen LogP contribution is -2.34. The molecule has 0 amide bonds. The fourth-order valence-corrected chi connectivity index (χ4v) is 5.83. The van der Waals surface area contributed by atoms with E-state index in [2.05, 4.69) is 4.90 Å². The van der Waals surface area contributed by atoms with E-state index in [1.807, 2.05) is 6.08 Å². The summed E-state index contributed by atoms with van der Waals surface area (Å²) in [6.07, 6.45) is 9.04. The molecule has 3 atom stereocenters. The molecular formula is C22H26FNO3S. The fraction of sp³-hybridized carbons (Fsp3) is 0.500. The highest BCUT2D eigenvalue weighted by Crippen LogP contribution is 2.49. The van der Waals surface area contributed by atoms with Crippen LogP contribution in [0.2, 0.25) is 0 Å². The van der Waals surface area contributed by atoms with Crippen LogP contribution in [0.3, 0.4) is 0 Å². The molecule has 1 N–H and O–H groups in total. The molecule has 3 aliphatic rings. The molecule has 2 fully saturated rings. The minimum atomic E-state index is -0.879. The number of ether oxygens (including phenoxy) is 1. The van der Waals surface area contributed by atoms with Gasteiger partial charge < -0.3 is 14.7 Å². The molecule has 1 aromatic carbocycles. The summed E-state index contributed by atoms with van der Waals surface area (Å²) >= 11 is 1.54. The van der Waals surface area contributed by atoms with Gasteiger partial charge in [-0.2, -0.15) is 0 Å². The monoisotopic (exact) mass is 403 g/mol. The van der Waals surface area contributed by atoms with Gasteiger partial charge in [-0.05, 0) is 67.4 Å². The molecule has 2 saturated carbocycles. The first-order valence-corrected chi connectivity index (χ1v) is 11.0. The van der Waals surface area contributed by atoms with Crippen LogP contribution in [0, 0.1) is 23.6 Å². The number of carboxylic acids is 1. The highest BCUT2D eigenvalue weighted by Gasteiger charge is 2.40. The van der Waals surface area contributed by atoms with E-state index < -0.39 is 5.97 Å². The summed E-state index contributed by atoms with van der Waals surface area (Å²) in [5, 5.41) is 10.5. The van der Waals surface area contributed by atoms with Crippen LogP contribution in [0.25, 0.3) is 0 Å². The summed E-state index contributed by atoms with van der Waals surface area (Å²) in [6.45, 7) is 2.16. The molecule has 0 spiro atoms. The lowest BCUT2D eigenvalue weighted by atomic mass is 9.88. The van der Waals surface area contributed by atoms with Crippen molar-refractivity contribution in [2.45, 2.75) is 25.7 Å². The van der Waals surface area contributed by atoms with Crippen LogP contribution in [0.5, 0.6) is 5.75 Å². The summed E-state index contributed by atoms with van der Waals surface area (Å²) in [5.74, 6) is 2.49. The third-order valence-corrected chi connectivity index (χ3v) is 7.22. The molecule has 1 aromatic rings. The largest absolute Gasteiger partial charge is 0.493 e. The summed E-state index contributed by atoms with van der Waals surface area (Å²) in [6, 6.07) is 5.95. The molecule has 28 heavy (non-hydrogen) atoms. The minimum absolute atomic E-state index is 0.289. The fourth-order valence-electron chi connectivity index (χ4n) is 4.82. The Balaban J connectivity index is 1.37. The van der Waals surface area contributed by atoms with Gasteiger partial charge in [0.15, 0.2) is 0 Å². The van der Waals surface area contributed by atoms with E-state index in [0.717, 1.165) is 30.0 Å². The van der Waals surface area contributed by atoms with Gasteiger partial charge in [0.05, 0.1) is 17.2 Å². The molecule has 150 valence electrons. The summed E-state index contributed by atoms with van der Waals surface area (Å²) < 4.78 is 18.6. The zero-order valence-corrected chi connectivity index (χ0v) is 16.7. The van der Waals surface area contributed by atoms with Crippen LogP contribution in [-0.4, -0.2) is 41.4 Å². The average Bonchev–Trinajstić information content (AvgIpc) is 3.30. The Labute approximate surface area is 169 Å². The van der Waals surface area contributed by atoms with Crippen molar-refractivity contribution in [3.8, 4) is 5.75 Å². The average molecular weight is 404 g/mol. The van der Waals surface area contributed by atoms with Gasteiger partial charge in [-0.1, -0.05) is 12.5 Å². The Kier molecular flexibility index (Phi) is 5.95. The second kappa shape index (κ2) is 8.60. The van der Waals surface area contributed by atoms with Gasteiger partial charge in [-0.25, -0.2) is 9.18 Å². The lowest BCUT2D eigenvalue weighted by molar-refractivity contribution is -0.132. The van der Waals surface area contributed by atoms with Crippen molar-refractivity contribution in [3.63, 3.8) is 0 Å². The number of nitrogens with zero attached hydrogens (tertiary/aromatic N) is 1. The number of halogens is 1. The molecule has 2 aliphatic carbocycles. The second-order valence-electron chi connectivity index (χ2n) is 7.92. The zero-order valence-electron chi connectivity index (χ0n) is 15.9. The normalized spacial score (nSPS) is 26.2. The van der Waals surface area contributed by atoms with Crippen molar-refractivity contribution < 1.29 is 19.0 Å². The van der Waals surface area contributed by atoms with Crippen molar-refractivity contribution in [2.24, 2.45) is 17.8 Å². The first-order chi connectivity index (χ1) is 13.6. The molecule has 1 aliphatic heterocycles. The van der Waals surface area contributed by atoms with Gasteiger partial charge in [-0.3, -0.25) is 0 Å². The van der Waals surface area contributed by atoms with Crippen molar-refractivity contribution >= 4 is 17.7 Å². The molecule has 4 nitrogen and oxygen atoms in total.